The van der Waals surface area contributed by atoms with Crippen molar-refractivity contribution in [3.63, 3.8) is 0 Å². The summed E-state index contributed by atoms with van der Waals surface area (Å²) in [5.41, 5.74) is 0. The zero-order chi connectivity index (χ0) is 20.9. The Bertz CT molecular complexity index is 326. The standard InChI is InChI=1S/C21H49N3O3/c1-23(2,3)15-10-12-20(26)18-22(14-8-7-9-17-25)19-21(27)13-11-16-24(4,5)6/h20-21,25-27H,7-19H2,1-6H3/q+2. The Morgan fingerprint density at radius 1 is 0.667 bits per heavy atom. The Kier molecular flexibility index (Phi) is 13.7. The van der Waals surface area contributed by atoms with Gasteiger partial charge in [-0.05, 0) is 51.5 Å². The third kappa shape index (κ3) is 18.9. The second-order valence-electron chi connectivity index (χ2n) is 10.2. The summed E-state index contributed by atoms with van der Waals surface area (Å²) in [7, 11) is 13.0. The van der Waals surface area contributed by atoms with Crippen molar-refractivity contribution in [1.82, 2.24) is 4.90 Å². The summed E-state index contributed by atoms with van der Waals surface area (Å²) < 4.78 is 1.84. The molecule has 0 saturated carbocycles. The first-order chi connectivity index (χ1) is 12.4. The molecule has 0 aromatic heterocycles. The highest BCUT2D eigenvalue weighted by Gasteiger charge is 2.17. The van der Waals surface area contributed by atoms with E-state index in [1.807, 2.05) is 0 Å². The smallest absolute Gasteiger partial charge is 0.0781 e. The maximum Gasteiger partial charge on any atom is 0.0781 e. The molecular weight excluding hydrogens is 342 g/mol. The van der Waals surface area contributed by atoms with Gasteiger partial charge in [0.05, 0.1) is 67.6 Å². The van der Waals surface area contributed by atoms with Crippen molar-refractivity contribution in [1.29, 1.82) is 0 Å². The Morgan fingerprint density at radius 2 is 1.11 bits per heavy atom. The lowest BCUT2D eigenvalue weighted by Crippen LogP contribution is -2.40. The van der Waals surface area contributed by atoms with Crippen molar-refractivity contribution >= 4 is 0 Å². The fourth-order valence-electron chi connectivity index (χ4n) is 3.26. The highest BCUT2D eigenvalue weighted by Crippen LogP contribution is 2.09. The zero-order valence-corrected chi connectivity index (χ0v) is 19.0. The first-order valence-corrected chi connectivity index (χ1v) is 10.7. The molecule has 0 spiro atoms. The molecule has 27 heavy (non-hydrogen) atoms. The second kappa shape index (κ2) is 13.9. The average molecular weight is 392 g/mol. The van der Waals surface area contributed by atoms with E-state index in [1.54, 1.807) is 0 Å². The van der Waals surface area contributed by atoms with Gasteiger partial charge >= 0.3 is 0 Å². The van der Waals surface area contributed by atoms with Gasteiger partial charge in [-0.2, -0.15) is 0 Å². The van der Waals surface area contributed by atoms with Crippen LogP contribution < -0.4 is 0 Å². The van der Waals surface area contributed by atoms with E-state index in [2.05, 4.69) is 47.2 Å². The minimum atomic E-state index is -0.340. The van der Waals surface area contributed by atoms with Crippen LogP contribution in [0.1, 0.15) is 44.9 Å². The molecule has 0 aliphatic rings. The third-order valence-corrected chi connectivity index (χ3v) is 4.80. The lowest BCUT2D eigenvalue weighted by molar-refractivity contribution is -0.870. The Labute approximate surface area is 168 Å². The van der Waals surface area contributed by atoms with Crippen molar-refractivity contribution < 1.29 is 24.3 Å². The van der Waals surface area contributed by atoms with Crippen LogP contribution >= 0.6 is 0 Å². The van der Waals surface area contributed by atoms with Crippen LogP contribution in [0, 0.1) is 0 Å². The minimum absolute atomic E-state index is 0.237. The molecule has 0 radical (unpaired) electrons. The van der Waals surface area contributed by atoms with Crippen LogP contribution in [0.25, 0.3) is 0 Å². The molecule has 2 atom stereocenters. The van der Waals surface area contributed by atoms with Gasteiger partial charge in [-0.3, -0.25) is 4.90 Å². The molecule has 0 fully saturated rings. The Morgan fingerprint density at radius 3 is 1.48 bits per heavy atom. The molecule has 0 rings (SSSR count). The summed E-state index contributed by atoms with van der Waals surface area (Å²) >= 11 is 0. The highest BCUT2D eigenvalue weighted by atomic mass is 16.3. The number of hydrogen-bond acceptors (Lipinski definition) is 4. The van der Waals surface area contributed by atoms with Crippen LogP contribution in [0.4, 0.5) is 0 Å². The number of hydrogen-bond donors (Lipinski definition) is 3. The van der Waals surface area contributed by atoms with Crippen LogP contribution in [-0.4, -0.2) is 123 Å². The minimum Gasteiger partial charge on any atom is -0.396 e. The summed E-state index contributed by atoms with van der Waals surface area (Å²) in [6.45, 7) is 4.48. The van der Waals surface area contributed by atoms with Gasteiger partial charge in [-0.15, -0.1) is 0 Å². The Hall–Kier alpha value is -0.240. The molecule has 0 aliphatic carbocycles. The van der Waals surface area contributed by atoms with Crippen LogP contribution in [0.2, 0.25) is 0 Å². The topological polar surface area (TPSA) is 63.9 Å². The van der Waals surface area contributed by atoms with Gasteiger partial charge in [0.15, 0.2) is 0 Å². The molecule has 0 amide bonds. The average Bonchev–Trinajstić information content (AvgIpc) is 2.48. The summed E-state index contributed by atoms with van der Waals surface area (Å²) in [6.07, 6.45) is 5.76. The van der Waals surface area contributed by atoms with Crippen molar-refractivity contribution in [3.8, 4) is 0 Å². The Balaban J connectivity index is 4.36. The van der Waals surface area contributed by atoms with E-state index in [1.165, 1.54) is 0 Å². The molecule has 0 aromatic rings. The van der Waals surface area contributed by atoms with Crippen LogP contribution in [-0.2, 0) is 0 Å². The molecule has 0 saturated heterocycles. The first-order valence-electron chi connectivity index (χ1n) is 10.7. The number of aliphatic hydroxyl groups excluding tert-OH is 3. The number of quaternary nitrogens is 2. The van der Waals surface area contributed by atoms with E-state index in [-0.39, 0.29) is 18.8 Å². The van der Waals surface area contributed by atoms with E-state index in [9.17, 15) is 10.2 Å². The second-order valence-corrected chi connectivity index (χ2v) is 10.2. The largest absolute Gasteiger partial charge is 0.396 e. The van der Waals surface area contributed by atoms with Gasteiger partial charge in [0, 0.05) is 19.7 Å². The summed E-state index contributed by atoms with van der Waals surface area (Å²) in [4.78, 5) is 2.21. The number of aliphatic hydroxyl groups is 3. The third-order valence-electron chi connectivity index (χ3n) is 4.80. The molecule has 0 bridgehead atoms. The van der Waals surface area contributed by atoms with E-state index in [4.69, 9.17) is 5.11 Å². The molecule has 0 heterocycles. The fraction of sp³-hybridized carbons (Fsp3) is 1.00. The molecule has 6 heteroatoms. The lowest BCUT2D eigenvalue weighted by Gasteiger charge is -2.29. The molecule has 164 valence electrons. The van der Waals surface area contributed by atoms with Gasteiger partial charge in [-0.25, -0.2) is 0 Å². The van der Waals surface area contributed by atoms with E-state index in [0.29, 0.717) is 13.1 Å². The van der Waals surface area contributed by atoms with Gasteiger partial charge < -0.3 is 24.3 Å². The van der Waals surface area contributed by atoms with Crippen LogP contribution in [0.3, 0.4) is 0 Å². The fourth-order valence-corrected chi connectivity index (χ4v) is 3.26. The van der Waals surface area contributed by atoms with Crippen LogP contribution in [0.5, 0.6) is 0 Å². The molecule has 0 aromatic carbocycles. The van der Waals surface area contributed by atoms with Gasteiger partial charge in [-0.1, -0.05) is 0 Å². The number of nitrogens with zero attached hydrogens (tertiary/aromatic N) is 3. The van der Waals surface area contributed by atoms with Crippen molar-refractivity contribution in [2.24, 2.45) is 0 Å². The lowest BCUT2D eigenvalue weighted by atomic mass is 10.1. The van der Waals surface area contributed by atoms with Gasteiger partial charge in [0.2, 0.25) is 0 Å². The van der Waals surface area contributed by atoms with Crippen molar-refractivity contribution in [2.45, 2.75) is 57.2 Å². The maximum absolute atomic E-state index is 10.4. The zero-order valence-electron chi connectivity index (χ0n) is 19.0. The van der Waals surface area contributed by atoms with Crippen molar-refractivity contribution in [2.75, 3.05) is 81.6 Å². The number of rotatable bonds is 17. The molecule has 3 N–H and O–H groups in total. The van der Waals surface area contributed by atoms with E-state index >= 15 is 0 Å². The molecule has 6 nitrogen and oxygen atoms in total. The van der Waals surface area contributed by atoms with Crippen LogP contribution in [0.15, 0.2) is 0 Å². The normalized spacial score (nSPS) is 15.3. The predicted molar refractivity (Wildman–Crippen MR) is 114 cm³/mol. The SMILES string of the molecule is C[N+](C)(C)CCCC(O)CN(CCCCCO)CC(O)CCC[N+](C)(C)C. The highest BCUT2D eigenvalue weighted by molar-refractivity contribution is 4.70. The molecular formula is C21H49N3O3+2. The predicted octanol–water partition coefficient (Wildman–Crippen LogP) is 1.15. The van der Waals surface area contributed by atoms with Gasteiger partial charge in [0.25, 0.3) is 0 Å². The summed E-state index contributed by atoms with van der Waals surface area (Å²) in [5.74, 6) is 0. The summed E-state index contributed by atoms with van der Waals surface area (Å²) in [5, 5.41) is 29.8. The number of unbranched alkanes of at least 4 members (excludes halogenated alkanes) is 2. The van der Waals surface area contributed by atoms with E-state index in [0.717, 1.165) is 73.5 Å². The monoisotopic (exact) mass is 391 g/mol. The van der Waals surface area contributed by atoms with Gasteiger partial charge in [0.1, 0.15) is 0 Å². The molecule has 0 aliphatic heterocycles. The maximum atomic E-state index is 10.4. The van der Waals surface area contributed by atoms with E-state index < -0.39 is 0 Å². The van der Waals surface area contributed by atoms with Crippen molar-refractivity contribution in [3.05, 3.63) is 0 Å². The summed E-state index contributed by atoms with van der Waals surface area (Å²) in [6, 6.07) is 0. The molecule has 2 unspecified atom stereocenters. The first kappa shape index (κ1) is 26.8. The quantitative estimate of drug-likeness (QED) is 0.257.